The van der Waals surface area contributed by atoms with Gasteiger partial charge in [0.05, 0.1) is 6.42 Å². The first-order chi connectivity index (χ1) is 3.66. The van der Waals surface area contributed by atoms with Gasteiger partial charge in [-0.15, -0.1) is 0 Å². The summed E-state index contributed by atoms with van der Waals surface area (Å²) in [6.45, 7) is 1.40. The third-order valence-corrected chi connectivity index (χ3v) is 0.734. The predicted molar refractivity (Wildman–Crippen MR) is 28.3 cm³/mol. The van der Waals surface area contributed by atoms with Gasteiger partial charge in [0.25, 0.3) is 0 Å². The van der Waals surface area contributed by atoms with Crippen molar-refractivity contribution in [1.82, 2.24) is 0 Å². The zero-order chi connectivity index (χ0) is 6.57. The van der Waals surface area contributed by atoms with Crippen LogP contribution in [0.25, 0.3) is 0 Å². The number of hydrogen-bond donors (Lipinski definition) is 1. The molecule has 0 aromatic rings. The number of Topliss-reactive ketones (excluding diaryl/α,β-unsaturated/α-hetero) is 1. The van der Waals surface area contributed by atoms with Crippen molar-refractivity contribution in [3.05, 3.63) is 0 Å². The maximum Gasteiger partial charge on any atom is 0.161 e. The summed E-state index contributed by atoms with van der Waals surface area (Å²) in [5.74, 6) is -0.0700. The summed E-state index contributed by atoms with van der Waals surface area (Å²) in [5, 5.41) is 8.59. The zero-order valence-corrected chi connectivity index (χ0v) is 5.05. The van der Waals surface area contributed by atoms with E-state index >= 15 is 0 Å². The Balaban J connectivity index is 3.24. The minimum absolute atomic E-state index is 0.0700. The molecule has 0 aliphatic rings. The van der Waals surface area contributed by atoms with Gasteiger partial charge >= 0.3 is 0 Å². The van der Waals surface area contributed by atoms with Crippen LogP contribution in [0.4, 0.5) is 0 Å². The van der Waals surface area contributed by atoms with Crippen molar-refractivity contribution in [1.29, 1.82) is 0 Å². The molecule has 3 heteroatoms. The van der Waals surface area contributed by atoms with E-state index in [1.54, 1.807) is 0 Å². The summed E-state index contributed by atoms with van der Waals surface area (Å²) in [6, 6.07) is 0. The van der Waals surface area contributed by atoms with Crippen LogP contribution < -0.4 is 0 Å². The van der Waals surface area contributed by atoms with E-state index in [-0.39, 0.29) is 12.2 Å². The van der Waals surface area contributed by atoms with Crippen molar-refractivity contribution < 1.29 is 14.6 Å². The van der Waals surface area contributed by atoms with Gasteiger partial charge < -0.3 is 9.84 Å². The second kappa shape index (κ2) is 3.57. The van der Waals surface area contributed by atoms with Crippen LogP contribution in [0.1, 0.15) is 13.3 Å². The molecule has 0 aromatic carbocycles. The Morgan fingerprint density at radius 3 is 2.50 bits per heavy atom. The van der Waals surface area contributed by atoms with E-state index < -0.39 is 6.29 Å². The number of methoxy groups -OCH3 is 1. The molecule has 0 heterocycles. The molecule has 0 saturated heterocycles. The molecule has 0 aliphatic carbocycles. The quantitative estimate of drug-likeness (QED) is 0.528. The molecule has 0 aromatic heterocycles. The summed E-state index contributed by atoms with van der Waals surface area (Å²) >= 11 is 0. The van der Waals surface area contributed by atoms with Gasteiger partial charge in [-0.05, 0) is 6.92 Å². The number of hydrogen-bond acceptors (Lipinski definition) is 3. The van der Waals surface area contributed by atoms with Crippen LogP contribution in [0.5, 0.6) is 0 Å². The van der Waals surface area contributed by atoms with Gasteiger partial charge in [-0.2, -0.15) is 0 Å². The minimum atomic E-state index is -0.924. The Kier molecular flexibility index (Phi) is 3.39. The fraction of sp³-hybridized carbons (Fsp3) is 0.800. The molecule has 48 valence electrons. The second-order valence-corrected chi connectivity index (χ2v) is 1.60. The van der Waals surface area contributed by atoms with Crippen LogP contribution >= 0.6 is 0 Å². The van der Waals surface area contributed by atoms with Crippen LogP contribution in [0.15, 0.2) is 0 Å². The second-order valence-electron chi connectivity index (χ2n) is 1.60. The van der Waals surface area contributed by atoms with Gasteiger partial charge in [0.2, 0.25) is 0 Å². The Morgan fingerprint density at radius 2 is 2.38 bits per heavy atom. The molecule has 0 fully saturated rings. The van der Waals surface area contributed by atoms with Gasteiger partial charge in [0.1, 0.15) is 5.78 Å². The normalized spacial score (nSPS) is 13.4. The fourth-order valence-electron chi connectivity index (χ4n) is 0.329. The standard InChI is InChI=1S/C5H10O3/c1-4(6)3-5(7)8-2/h5,7H,3H2,1-2H3/t5-/m1/s1. The molecule has 0 aliphatic heterocycles. The summed E-state index contributed by atoms with van der Waals surface area (Å²) < 4.78 is 4.40. The Morgan fingerprint density at radius 1 is 1.88 bits per heavy atom. The molecule has 0 rings (SSSR count). The summed E-state index contributed by atoms with van der Waals surface area (Å²) in [4.78, 5) is 10.2. The highest BCUT2D eigenvalue weighted by Gasteiger charge is 2.02. The molecule has 0 saturated carbocycles. The summed E-state index contributed by atoms with van der Waals surface area (Å²) in [6.07, 6.45) is -0.844. The van der Waals surface area contributed by atoms with E-state index in [0.29, 0.717) is 0 Å². The minimum Gasteiger partial charge on any atom is -0.368 e. The topological polar surface area (TPSA) is 46.5 Å². The molecule has 1 atom stereocenters. The van der Waals surface area contributed by atoms with Crippen LogP contribution in [-0.2, 0) is 9.53 Å². The van der Waals surface area contributed by atoms with Crippen molar-refractivity contribution in [3.8, 4) is 0 Å². The van der Waals surface area contributed by atoms with E-state index in [2.05, 4.69) is 4.74 Å². The maximum absolute atomic E-state index is 10.2. The molecule has 8 heavy (non-hydrogen) atoms. The van der Waals surface area contributed by atoms with Crippen LogP contribution in [0.2, 0.25) is 0 Å². The first kappa shape index (κ1) is 7.59. The molecule has 1 N–H and O–H groups in total. The highest BCUT2D eigenvalue weighted by molar-refractivity contribution is 5.75. The number of carbonyl (C=O) groups is 1. The van der Waals surface area contributed by atoms with Crippen molar-refractivity contribution in [3.63, 3.8) is 0 Å². The Labute approximate surface area is 48.3 Å². The van der Waals surface area contributed by atoms with Gasteiger partial charge in [-0.25, -0.2) is 0 Å². The number of rotatable bonds is 3. The SMILES string of the molecule is CO[C@@H](O)CC(C)=O. The van der Waals surface area contributed by atoms with Gasteiger partial charge in [0.15, 0.2) is 6.29 Å². The number of ketones is 1. The van der Waals surface area contributed by atoms with E-state index in [4.69, 9.17) is 5.11 Å². The average molecular weight is 118 g/mol. The molecule has 0 amide bonds. The number of carbonyl (C=O) groups excluding carboxylic acids is 1. The van der Waals surface area contributed by atoms with Crippen molar-refractivity contribution >= 4 is 5.78 Å². The van der Waals surface area contributed by atoms with Crippen molar-refractivity contribution in [2.45, 2.75) is 19.6 Å². The summed E-state index contributed by atoms with van der Waals surface area (Å²) in [5.41, 5.74) is 0. The molecular weight excluding hydrogens is 108 g/mol. The molecule has 0 unspecified atom stereocenters. The first-order valence-corrected chi connectivity index (χ1v) is 2.37. The van der Waals surface area contributed by atoms with Gasteiger partial charge in [0, 0.05) is 7.11 Å². The molecular formula is C5H10O3. The molecule has 0 spiro atoms. The lowest BCUT2D eigenvalue weighted by atomic mass is 10.3. The number of aliphatic hydroxyl groups is 1. The lowest BCUT2D eigenvalue weighted by Gasteiger charge is -2.02. The summed E-state index contributed by atoms with van der Waals surface area (Å²) in [7, 11) is 1.35. The Hall–Kier alpha value is -0.410. The van der Waals surface area contributed by atoms with Crippen LogP contribution in [0, 0.1) is 0 Å². The molecule has 0 bridgehead atoms. The van der Waals surface area contributed by atoms with Gasteiger partial charge in [-0.1, -0.05) is 0 Å². The van der Waals surface area contributed by atoms with E-state index in [0.717, 1.165) is 0 Å². The monoisotopic (exact) mass is 118 g/mol. The highest BCUT2D eigenvalue weighted by atomic mass is 16.6. The fourth-order valence-corrected chi connectivity index (χ4v) is 0.329. The maximum atomic E-state index is 10.2. The highest BCUT2D eigenvalue weighted by Crippen LogP contribution is 1.90. The van der Waals surface area contributed by atoms with Crippen LogP contribution in [-0.4, -0.2) is 24.3 Å². The number of ether oxygens (including phenoxy) is 1. The first-order valence-electron chi connectivity index (χ1n) is 2.37. The Bertz CT molecular complexity index is 79.7. The third kappa shape index (κ3) is 3.77. The zero-order valence-electron chi connectivity index (χ0n) is 5.05. The average Bonchev–Trinajstić information content (AvgIpc) is 1.65. The molecule has 3 nitrogen and oxygen atoms in total. The van der Waals surface area contributed by atoms with E-state index in [1.807, 2.05) is 0 Å². The van der Waals surface area contributed by atoms with Crippen molar-refractivity contribution in [2.24, 2.45) is 0 Å². The predicted octanol–water partition coefficient (Wildman–Crippen LogP) is -0.0697. The van der Waals surface area contributed by atoms with Gasteiger partial charge in [-0.3, -0.25) is 4.79 Å². The van der Waals surface area contributed by atoms with Crippen molar-refractivity contribution in [2.75, 3.05) is 7.11 Å². The van der Waals surface area contributed by atoms with Crippen LogP contribution in [0.3, 0.4) is 0 Å². The lowest BCUT2D eigenvalue weighted by Crippen LogP contribution is -2.12. The molecule has 0 radical (unpaired) electrons. The third-order valence-electron chi connectivity index (χ3n) is 0.734. The van der Waals surface area contributed by atoms with E-state index in [1.165, 1.54) is 14.0 Å². The smallest absolute Gasteiger partial charge is 0.161 e. The van der Waals surface area contributed by atoms with E-state index in [9.17, 15) is 4.79 Å². The largest absolute Gasteiger partial charge is 0.368 e. The lowest BCUT2D eigenvalue weighted by molar-refractivity contribution is -0.129. The number of aliphatic hydroxyl groups excluding tert-OH is 1.